The van der Waals surface area contributed by atoms with E-state index in [1.807, 2.05) is 43.4 Å². The minimum absolute atomic E-state index is 0.266. The van der Waals surface area contributed by atoms with Gasteiger partial charge in [0.05, 0.1) is 53.7 Å². The van der Waals surface area contributed by atoms with E-state index in [9.17, 15) is 4.79 Å². The van der Waals surface area contributed by atoms with Crippen LogP contribution < -0.4 is 20.1 Å². The number of ether oxygens (including phenoxy) is 3. The van der Waals surface area contributed by atoms with Gasteiger partial charge in [0.2, 0.25) is 11.9 Å². The van der Waals surface area contributed by atoms with E-state index in [2.05, 4.69) is 32.3 Å². The number of rotatable bonds is 12. The molecule has 0 saturated heterocycles. The lowest BCUT2D eigenvalue weighted by atomic mass is 10.2. The number of methoxy groups -OCH3 is 2. The molecule has 4 rings (SSSR count). The molecule has 0 aliphatic heterocycles. The number of halogens is 1. The summed E-state index contributed by atoms with van der Waals surface area (Å²) in [5.74, 6) is 0.715. The molecule has 0 fully saturated rings. The molecule has 1 atom stereocenters. The highest BCUT2D eigenvalue weighted by Crippen LogP contribution is 2.39. The molecule has 204 valence electrons. The van der Waals surface area contributed by atoms with Gasteiger partial charge >= 0.3 is 0 Å². The number of hydrogen-bond acceptors (Lipinski definition) is 9. The zero-order valence-corrected chi connectivity index (χ0v) is 22.9. The van der Waals surface area contributed by atoms with Crippen molar-refractivity contribution in [2.24, 2.45) is 0 Å². The average Bonchev–Trinajstić information content (AvgIpc) is 3.34. The third-order valence-electron chi connectivity index (χ3n) is 5.63. The maximum Gasteiger partial charge on any atom is 0.247 e. The Kier molecular flexibility index (Phi) is 8.97. The van der Waals surface area contributed by atoms with Crippen LogP contribution in [0.25, 0.3) is 16.8 Å². The number of pyridine rings is 1. The second-order valence-electron chi connectivity index (χ2n) is 8.80. The van der Waals surface area contributed by atoms with E-state index in [1.54, 1.807) is 30.0 Å². The molecule has 12 heteroatoms. The standard InChI is InChI=1S/C27H30ClN7O4/c1-6-25(36)31-21-11-20(23(38-5)12-24(21)39-17(16-37-4)15-34(2)3)32-27-29-14-19(28)26(33-27)18-13-30-35-10-8-7-9-22(18)35/h6-14,17H,1,15-16H2,2-5H3,(H,31,36)(H,29,32,33). The highest BCUT2D eigenvalue weighted by Gasteiger charge is 2.20. The predicted octanol–water partition coefficient (Wildman–Crippen LogP) is 4.28. The molecule has 39 heavy (non-hydrogen) atoms. The van der Waals surface area contributed by atoms with Crippen LogP contribution in [0.2, 0.25) is 5.02 Å². The molecule has 2 N–H and O–H groups in total. The number of benzene rings is 1. The summed E-state index contributed by atoms with van der Waals surface area (Å²) in [4.78, 5) is 23.2. The Balaban J connectivity index is 1.71. The zero-order valence-electron chi connectivity index (χ0n) is 22.1. The summed E-state index contributed by atoms with van der Waals surface area (Å²) in [6.45, 7) is 4.49. The van der Waals surface area contributed by atoms with Crippen molar-refractivity contribution in [1.82, 2.24) is 24.5 Å². The number of amides is 1. The molecule has 11 nitrogen and oxygen atoms in total. The summed E-state index contributed by atoms with van der Waals surface area (Å²) in [7, 11) is 7.01. The smallest absolute Gasteiger partial charge is 0.247 e. The fourth-order valence-electron chi connectivity index (χ4n) is 3.96. The fourth-order valence-corrected chi connectivity index (χ4v) is 4.15. The zero-order chi connectivity index (χ0) is 27.9. The first-order chi connectivity index (χ1) is 18.8. The van der Waals surface area contributed by atoms with Gasteiger partial charge in [-0.3, -0.25) is 4.79 Å². The summed E-state index contributed by atoms with van der Waals surface area (Å²) in [6.07, 6.45) is 5.93. The second kappa shape index (κ2) is 12.6. The number of likely N-dealkylation sites (N-methyl/N-ethyl adjacent to an activating group) is 1. The molecule has 0 aliphatic carbocycles. The summed E-state index contributed by atoms with van der Waals surface area (Å²) < 4.78 is 18.9. The number of nitrogens with one attached hydrogen (secondary N) is 2. The number of carbonyl (C=O) groups excluding carboxylic acids is 1. The van der Waals surface area contributed by atoms with Crippen LogP contribution in [0.4, 0.5) is 17.3 Å². The third-order valence-corrected chi connectivity index (χ3v) is 5.91. The molecule has 1 amide bonds. The van der Waals surface area contributed by atoms with Gasteiger partial charge in [-0.1, -0.05) is 24.2 Å². The predicted molar refractivity (Wildman–Crippen MR) is 151 cm³/mol. The van der Waals surface area contributed by atoms with E-state index in [0.29, 0.717) is 46.7 Å². The van der Waals surface area contributed by atoms with Crippen LogP contribution in [-0.2, 0) is 9.53 Å². The third kappa shape index (κ3) is 6.63. The van der Waals surface area contributed by atoms with Crippen molar-refractivity contribution in [2.75, 3.05) is 52.1 Å². The van der Waals surface area contributed by atoms with Gasteiger partial charge in [0.1, 0.15) is 17.6 Å². The molecule has 0 aliphatic rings. The number of fused-ring (bicyclic) bond motifs is 1. The second-order valence-corrected chi connectivity index (χ2v) is 9.21. The van der Waals surface area contributed by atoms with E-state index in [-0.39, 0.29) is 12.1 Å². The summed E-state index contributed by atoms with van der Waals surface area (Å²) in [5, 5.41) is 10.7. The molecule has 0 spiro atoms. The van der Waals surface area contributed by atoms with Crippen LogP contribution in [-0.4, -0.2) is 78.0 Å². The Morgan fingerprint density at radius 3 is 2.74 bits per heavy atom. The number of aromatic nitrogens is 4. The molecule has 1 aromatic carbocycles. The normalized spacial score (nSPS) is 11.8. The molecule has 3 heterocycles. The number of carbonyl (C=O) groups is 1. The van der Waals surface area contributed by atoms with Crippen molar-refractivity contribution in [1.29, 1.82) is 0 Å². The van der Waals surface area contributed by atoms with Gasteiger partial charge in [0.15, 0.2) is 0 Å². The quantitative estimate of drug-likeness (QED) is 0.249. The lowest BCUT2D eigenvalue weighted by Crippen LogP contribution is -2.34. The van der Waals surface area contributed by atoms with Gasteiger partial charge in [-0.2, -0.15) is 5.10 Å². The van der Waals surface area contributed by atoms with Gasteiger partial charge in [0.25, 0.3) is 0 Å². The number of nitrogens with zero attached hydrogens (tertiary/aromatic N) is 5. The summed E-state index contributed by atoms with van der Waals surface area (Å²) in [6, 6.07) is 9.09. The van der Waals surface area contributed by atoms with Gasteiger partial charge in [-0.25, -0.2) is 14.5 Å². The molecule has 3 aromatic heterocycles. The van der Waals surface area contributed by atoms with Crippen LogP contribution in [0.1, 0.15) is 0 Å². The fraction of sp³-hybridized carbons (Fsp3) is 0.259. The van der Waals surface area contributed by atoms with Crippen LogP contribution in [0.15, 0.2) is 61.6 Å². The molecular formula is C27H30ClN7O4. The van der Waals surface area contributed by atoms with Crippen molar-refractivity contribution in [3.63, 3.8) is 0 Å². The van der Waals surface area contributed by atoms with E-state index >= 15 is 0 Å². The lowest BCUT2D eigenvalue weighted by Gasteiger charge is -2.24. The largest absolute Gasteiger partial charge is 0.494 e. The Labute approximate surface area is 231 Å². The van der Waals surface area contributed by atoms with Crippen LogP contribution >= 0.6 is 11.6 Å². The van der Waals surface area contributed by atoms with E-state index < -0.39 is 5.91 Å². The van der Waals surface area contributed by atoms with Crippen molar-refractivity contribution in [2.45, 2.75) is 6.10 Å². The SMILES string of the molecule is C=CC(=O)Nc1cc(Nc2ncc(Cl)c(-c3cnn4ccccc34)n2)c(OC)cc1OC(COC)CN(C)C. The van der Waals surface area contributed by atoms with Crippen molar-refractivity contribution < 1.29 is 19.0 Å². The summed E-state index contributed by atoms with van der Waals surface area (Å²) >= 11 is 6.48. The maximum absolute atomic E-state index is 12.3. The molecule has 0 saturated carbocycles. The Morgan fingerprint density at radius 1 is 1.21 bits per heavy atom. The minimum Gasteiger partial charge on any atom is -0.494 e. The molecular weight excluding hydrogens is 522 g/mol. The first kappa shape index (κ1) is 27.8. The number of hydrogen-bond donors (Lipinski definition) is 2. The van der Waals surface area contributed by atoms with E-state index in [4.69, 9.17) is 25.8 Å². The van der Waals surface area contributed by atoms with Crippen molar-refractivity contribution in [3.8, 4) is 22.8 Å². The molecule has 0 bridgehead atoms. The molecule has 1 unspecified atom stereocenters. The summed E-state index contributed by atoms with van der Waals surface area (Å²) in [5.41, 5.74) is 3.01. The van der Waals surface area contributed by atoms with Gasteiger partial charge in [0, 0.05) is 31.5 Å². The Bertz CT molecular complexity index is 1470. The van der Waals surface area contributed by atoms with Crippen LogP contribution in [0.5, 0.6) is 11.5 Å². The van der Waals surface area contributed by atoms with Gasteiger partial charge in [-0.15, -0.1) is 0 Å². The molecule has 4 aromatic rings. The van der Waals surface area contributed by atoms with E-state index in [1.165, 1.54) is 19.4 Å². The van der Waals surface area contributed by atoms with Crippen molar-refractivity contribution >= 4 is 40.3 Å². The van der Waals surface area contributed by atoms with E-state index in [0.717, 1.165) is 11.1 Å². The van der Waals surface area contributed by atoms with Crippen LogP contribution in [0, 0.1) is 0 Å². The Morgan fingerprint density at radius 2 is 2.03 bits per heavy atom. The minimum atomic E-state index is -0.398. The monoisotopic (exact) mass is 551 g/mol. The lowest BCUT2D eigenvalue weighted by molar-refractivity contribution is -0.111. The first-order valence-corrected chi connectivity index (χ1v) is 12.4. The number of anilines is 3. The van der Waals surface area contributed by atoms with Crippen molar-refractivity contribution in [3.05, 3.63) is 66.6 Å². The highest BCUT2D eigenvalue weighted by atomic mass is 35.5. The average molecular weight is 552 g/mol. The topological polar surface area (TPSA) is 115 Å². The Hall–Kier alpha value is -4.19. The van der Waals surface area contributed by atoms with Gasteiger partial charge in [-0.05, 0) is 38.4 Å². The highest BCUT2D eigenvalue weighted by molar-refractivity contribution is 6.33. The maximum atomic E-state index is 12.3. The first-order valence-electron chi connectivity index (χ1n) is 12.0. The molecule has 0 radical (unpaired) electrons. The van der Waals surface area contributed by atoms with Crippen LogP contribution in [0.3, 0.4) is 0 Å². The van der Waals surface area contributed by atoms with Gasteiger partial charge < -0.3 is 29.7 Å².